The van der Waals surface area contributed by atoms with Crippen molar-refractivity contribution in [1.82, 2.24) is 0 Å². The predicted octanol–water partition coefficient (Wildman–Crippen LogP) is 6.70. The summed E-state index contributed by atoms with van der Waals surface area (Å²) in [4.78, 5) is 24.1. The lowest BCUT2D eigenvalue weighted by molar-refractivity contribution is -0.115. The second-order valence-electron chi connectivity index (χ2n) is 8.31. The molecule has 34 heavy (non-hydrogen) atoms. The number of amides is 1. The molecule has 5 nitrogen and oxygen atoms in total. The molecular formula is C27H24Cl2N2O3. The lowest BCUT2D eigenvalue weighted by Crippen LogP contribution is -2.14. The molecular weight excluding hydrogens is 471 g/mol. The highest BCUT2D eigenvalue weighted by Gasteiger charge is 2.15. The second-order valence-corrected chi connectivity index (χ2v) is 9.12. The molecule has 0 saturated heterocycles. The molecule has 0 radical (unpaired) electrons. The van der Waals surface area contributed by atoms with E-state index in [0.717, 1.165) is 23.1 Å². The number of ether oxygens (including phenoxy) is 1. The topological polar surface area (TPSA) is 79.2 Å². The molecule has 0 atom stereocenters. The van der Waals surface area contributed by atoms with Gasteiger partial charge in [0.25, 0.3) is 0 Å². The number of anilines is 1. The van der Waals surface area contributed by atoms with Gasteiger partial charge in [0.05, 0.1) is 40.8 Å². The highest BCUT2D eigenvalue weighted by molar-refractivity contribution is 6.39. The molecule has 7 heteroatoms. The van der Waals surface area contributed by atoms with E-state index in [4.69, 9.17) is 23.2 Å². The number of carbonyl (C=O) groups excluding carboxylic acids is 2. The number of rotatable bonds is 7. The Hall–Kier alpha value is -3.33. The Morgan fingerprint density at radius 1 is 1.03 bits per heavy atom. The SMILES string of the molecule is COC(=O)c1ccc(CC(=O)Nc2cc(Cl)c(-c3ccc(CC(C)C)c(C#N)c3)c(Cl)c2)cc1. The summed E-state index contributed by atoms with van der Waals surface area (Å²) in [5, 5.41) is 13.1. The van der Waals surface area contributed by atoms with E-state index in [0.29, 0.717) is 38.3 Å². The van der Waals surface area contributed by atoms with Crippen LogP contribution in [0.4, 0.5) is 5.69 Å². The highest BCUT2D eigenvalue weighted by Crippen LogP contribution is 2.38. The Labute approximate surface area is 209 Å². The predicted molar refractivity (Wildman–Crippen MR) is 135 cm³/mol. The van der Waals surface area contributed by atoms with E-state index < -0.39 is 5.97 Å². The van der Waals surface area contributed by atoms with Crippen LogP contribution in [-0.4, -0.2) is 19.0 Å². The molecule has 0 heterocycles. The molecule has 1 amide bonds. The number of esters is 1. The minimum absolute atomic E-state index is 0.112. The molecule has 0 aliphatic carbocycles. The fourth-order valence-electron chi connectivity index (χ4n) is 3.64. The van der Waals surface area contributed by atoms with E-state index in [1.54, 1.807) is 42.5 Å². The van der Waals surface area contributed by atoms with Gasteiger partial charge in [-0.2, -0.15) is 5.26 Å². The van der Waals surface area contributed by atoms with Crippen LogP contribution in [0.25, 0.3) is 11.1 Å². The number of nitriles is 1. The van der Waals surface area contributed by atoms with E-state index in [9.17, 15) is 14.9 Å². The second kappa shape index (κ2) is 11.2. The number of nitrogens with zero attached hydrogens (tertiary/aromatic N) is 1. The number of carbonyl (C=O) groups is 2. The first kappa shape index (κ1) is 25.3. The summed E-state index contributed by atoms with van der Waals surface area (Å²) >= 11 is 13.1. The third-order valence-corrected chi connectivity index (χ3v) is 5.81. The van der Waals surface area contributed by atoms with Gasteiger partial charge in [-0.15, -0.1) is 0 Å². The number of hydrogen-bond donors (Lipinski definition) is 1. The maximum atomic E-state index is 12.5. The summed E-state index contributed by atoms with van der Waals surface area (Å²) in [5.74, 6) is -0.258. The zero-order chi connectivity index (χ0) is 24.8. The summed E-state index contributed by atoms with van der Waals surface area (Å²) in [7, 11) is 1.32. The molecule has 3 rings (SSSR count). The average molecular weight is 495 g/mol. The van der Waals surface area contributed by atoms with Crippen LogP contribution < -0.4 is 5.32 Å². The quantitative estimate of drug-likeness (QED) is 0.370. The van der Waals surface area contributed by atoms with Gasteiger partial charge in [0, 0.05) is 11.3 Å². The van der Waals surface area contributed by atoms with E-state index >= 15 is 0 Å². The third-order valence-electron chi connectivity index (χ3n) is 5.21. The molecule has 0 aliphatic heterocycles. The van der Waals surface area contributed by atoms with Crippen LogP contribution in [0.2, 0.25) is 10.0 Å². The van der Waals surface area contributed by atoms with E-state index in [1.807, 2.05) is 12.1 Å². The molecule has 3 aromatic rings. The molecule has 174 valence electrons. The first-order chi connectivity index (χ1) is 16.2. The maximum absolute atomic E-state index is 12.5. The lowest BCUT2D eigenvalue weighted by atomic mass is 9.94. The third kappa shape index (κ3) is 6.17. The fraction of sp³-hybridized carbons (Fsp3) is 0.222. The number of benzene rings is 3. The van der Waals surface area contributed by atoms with E-state index in [1.165, 1.54) is 7.11 Å². The van der Waals surface area contributed by atoms with E-state index in [-0.39, 0.29) is 12.3 Å². The zero-order valence-electron chi connectivity index (χ0n) is 19.1. The normalized spacial score (nSPS) is 10.6. The van der Waals surface area contributed by atoms with Gasteiger partial charge in [0.1, 0.15) is 0 Å². The van der Waals surface area contributed by atoms with Gasteiger partial charge in [-0.05, 0) is 59.4 Å². The molecule has 0 saturated carbocycles. The number of nitrogens with one attached hydrogen (secondary N) is 1. The van der Waals surface area contributed by atoms with Crippen molar-refractivity contribution in [3.8, 4) is 17.2 Å². The Balaban J connectivity index is 1.77. The van der Waals surface area contributed by atoms with Crippen molar-refractivity contribution < 1.29 is 14.3 Å². The zero-order valence-corrected chi connectivity index (χ0v) is 20.6. The van der Waals surface area contributed by atoms with Gasteiger partial charge in [-0.25, -0.2) is 4.79 Å². The van der Waals surface area contributed by atoms with Gasteiger partial charge in [-0.1, -0.05) is 61.3 Å². The Morgan fingerprint density at radius 2 is 1.68 bits per heavy atom. The Kier molecular flexibility index (Phi) is 8.33. The molecule has 0 aliphatic rings. The molecule has 0 aromatic heterocycles. The molecule has 1 N–H and O–H groups in total. The summed E-state index contributed by atoms with van der Waals surface area (Å²) < 4.78 is 4.67. The van der Waals surface area contributed by atoms with Crippen molar-refractivity contribution in [3.05, 3.63) is 86.9 Å². The first-order valence-corrected chi connectivity index (χ1v) is 11.5. The van der Waals surface area contributed by atoms with Crippen LogP contribution in [0.15, 0.2) is 54.6 Å². The monoisotopic (exact) mass is 494 g/mol. The van der Waals surface area contributed by atoms with Crippen molar-refractivity contribution in [2.75, 3.05) is 12.4 Å². The van der Waals surface area contributed by atoms with Crippen molar-refractivity contribution in [2.45, 2.75) is 26.7 Å². The van der Waals surface area contributed by atoms with Gasteiger partial charge >= 0.3 is 5.97 Å². The van der Waals surface area contributed by atoms with Crippen molar-refractivity contribution in [3.63, 3.8) is 0 Å². The Bertz CT molecular complexity index is 1240. The molecule has 0 fully saturated rings. The summed E-state index contributed by atoms with van der Waals surface area (Å²) in [6, 6.07) is 17.8. The fourth-order valence-corrected chi connectivity index (χ4v) is 4.35. The Morgan fingerprint density at radius 3 is 2.24 bits per heavy atom. The van der Waals surface area contributed by atoms with Gasteiger partial charge < -0.3 is 10.1 Å². The van der Waals surface area contributed by atoms with Crippen molar-refractivity contribution >= 4 is 40.8 Å². The van der Waals surface area contributed by atoms with Gasteiger partial charge in [0.15, 0.2) is 0 Å². The average Bonchev–Trinajstić information content (AvgIpc) is 2.79. The lowest BCUT2D eigenvalue weighted by Gasteiger charge is -2.14. The largest absolute Gasteiger partial charge is 0.465 e. The van der Waals surface area contributed by atoms with Crippen LogP contribution in [0.1, 0.15) is 40.9 Å². The standard InChI is InChI=1S/C27H24Cl2N2O3/c1-16(2)10-19-8-9-20(12-21(19)15-30)26-23(28)13-22(14-24(26)29)31-25(32)11-17-4-6-18(7-5-17)27(33)34-3/h4-9,12-14,16H,10-11H2,1-3H3,(H,31,32). The van der Waals surface area contributed by atoms with Gasteiger partial charge in [0.2, 0.25) is 5.91 Å². The van der Waals surface area contributed by atoms with Crippen LogP contribution >= 0.6 is 23.2 Å². The molecule has 0 unspecified atom stereocenters. The number of methoxy groups -OCH3 is 1. The number of halogens is 2. The van der Waals surface area contributed by atoms with Crippen LogP contribution in [-0.2, 0) is 22.4 Å². The smallest absolute Gasteiger partial charge is 0.337 e. The molecule has 3 aromatic carbocycles. The van der Waals surface area contributed by atoms with Gasteiger partial charge in [-0.3, -0.25) is 4.79 Å². The minimum Gasteiger partial charge on any atom is -0.465 e. The summed E-state index contributed by atoms with van der Waals surface area (Å²) in [5.41, 5.74) is 4.54. The van der Waals surface area contributed by atoms with Crippen molar-refractivity contribution in [1.29, 1.82) is 5.26 Å². The molecule has 0 bridgehead atoms. The summed E-state index contributed by atoms with van der Waals surface area (Å²) in [6.07, 6.45) is 0.919. The van der Waals surface area contributed by atoms with Crippen molar-refractivity contribution in [2.24, 2.45) is 5.92 Å². The molecule has 0 spiro atoms. The maximum Gasteiger partial charge on any atom is 0.337 e. The van der Waals surface area contributed by atoms with Crippen LogP contribution in [0.5, 0.6) is 0 Å². The van der Waals surface area contributed by atoms with Crippen LogP contribution in [0.3, 0.4) is 0 Å². The first-order valence-electron chi connectivity index (χ1n) is 10.7. The van der Waals surface area contributed by atoms with E-state index in [2.05, 4.69) is 30.0 Å². The number of hydrogen-bond acceptors (Lipinski definition) is 4. The van der Waals surface area contributed by atoms with Crippen LogP contribution in [0, 0.1) is 17.2 Å². The minimum atomic E-state index is -0.433. The highest BCUT2D eigenvalue weighted by atomic mass is 35.5. The summed E-state index contributed by atoms with van der Waals surface area (Å²) in [6.45, 7) is 4.21.